The number of carbonyl (C=O) groups excluding carboxylic acids is 4. The van der Waals surface area contributed by atoms with Gasteiger partial charge in [-0.3, -0.25) is 19.7 Å². The van der Waals surface area contributed by atoms with Crippen molar-refractivity contribution in [3.05, 3.63) is 11.8 Å². The first-order chi connectivity index (χ1) is 8.95. The average Bonchev–Trinajstić information content (AvgIpc) is 2.26. The molecule has 2 atom stereocenters. The van der Waals surface area contributed by atoms with Gasteiger partial charge < -0.3 is 10.6 Å². The molecule has 0 saturated carbocycles. The van der Waals surface area contributed by atoms with Crippen LogP contribution in [0.1, 0.15) is 26.2 Å². The molecule has 1 heterocycles. The quantitative estimate of drug-likeness (QED) is 0.603. The van der Waals surface area contributed by atoms with Gasteiger partial charge in [-0.2, -0.15) is 0 Å². The Bertz CT molecular complexity index is 483. The highest BCUT2D eigenvalue weighted by Crippen LogP contribution is 2.24. The van der Waals surface area contributed by atoms with Gasteiger partial charge in [-0.25, -0.2) is 4.79 Å². The van der Waals surface area contributed by atoms with Crippen molar-refractivity contribution < 1.29 is 19.2 Å². The molecule has 0 spiro atoms. The number of carbonyl (C=O) groups is 4. The number of ketones is 1. The molecule has 4 amide bonds. The SMILES string of the molecule is CC(=O)CC(=O)NC1=CC2NC(=O)NC(=O)C2CC1. The molecule has 0 bridgehead atoms. The number of fused-ring (bicyclic) bond motifs is 1. The van der Waals surface area contributed by atoms with Gasteiger partial charge in [0.15, 0.2) is 0 Å². The summed E-state index contributed by atoms with van der Waals surface area (Å²) in [5, 5.41) is 7.47. The van der Waals surface area contributed by atoms with Crippen LogP contribution in [-0.2, 0) is 14.4 Å². The van der Waals surface area contributed by atoms with Crippen LogP contribution >= 0.6 is 0 Å². The molecule has 3 N–H and O–H groups in total. The molecule has 1 aliphatic carbocycles. The lowest BCUT2D eigenvalue weighted by Crippen LogP contribution is -2.58. The predicted octanol–water partition coefficient (Wildman–Crippen LogP) is -0.416. The Labute approximate surface area is 109 Å². The fourth-order valence-corrected chi connectivity index (χ4v) is 2.29. The van der Waals surface area contributed by atoms with E-state index in [1.165, 1.54) is 6.92 Å². The monoisotopic (exact) mass is 265 g/mol. The molecule has 1 fully saturated rings. The summed E-state index contributed by atoms with van der Waals surface area (Å²) in [6, 6.07) is -0.929. The zero-order valence-corrected chi connectivity index (χ0v) is 10.5. The van der Waals surface area contributed by atoms with Crippen molar-refractivity contribution in [2.24, 2.45) is 5.92 Å². The maximum absolute atomic E-state index is 11.6. The number of hydrogen-bond donors (Lipinski definition) is 3. The Morgan fingerprint density at radius 1 is 1.42 bits per heavy atom. The van der Waals surface area contributed by atoms with Crippen LogP contribution < -0.4 is 16.0 Å². The summed E-state index contributed by atoms with van der Waals surface area (Å²) in [7, 11) is 0. The maximum Gasteiger partial charge on any atom is 0.321 e. The number of Topliss-reactive ketones (excluding diaryl/α,β-unsaturated/α-hetero) is 1. The molecular formula is C12H15N3O4. The van der Waals surface area contributed by atoms with E-state index in [0.717, 1.165) is 0 Å². The molecule has 7 nitrogen and oxygen atoms in total. The van der Waals surface area contributed by atoms with Crippen LogP contribution in [0.3, 0.4) is 0 Å². The molecule has 1 saturated heterocycles. The van der Waals surface area contributed by atoms with Gasteiger partial charge in [0.1, 0.15) is 5.78 Å². The molecule has 0 radical (unpaired) electrons. The van der Waals surface area contributed by atoms with Gasteiger partial charge in [0, 0.05) is 5.70 Å². The van der Waals surface area contributed by atoms with Gasteiger partial charge in [0.05, 0.1) is 18.4 Å². The third-order valence-electron chi connectivity index (χ3n) is 3.12. The molecule has 102 valence electrons. The summed E-state index contributed by atoms with van der Waals surface area (Å²) >= 11 is 0. The molecule has 0 aromatic heterocycles. The van der Waals surface area contributed by atoms with Gasteiger partial charge >= 0.3 is 6.03 Å². The minimum absolute atomic E-state index is 0.168. The van der Waals surface area contributed by atoms with E-state index in [2.05, 4.69) is 16.0 Å². The zero-order chi connectivity index (χ0) is 14.0. The van der Waals surface area contributed by atoms with E-state index in [4.69, 9.17) is 0 Å². The number of amides is 4. The van der Waals surface area contributed by atoms with Crippen molar-refractivity contribution in [2.45, 2.75) is 32.2 Å². The number of hydrogen-bond acceptors (Lipinski definition) is 4. The molecule has 1 aliphatic heterocycles. The van der Waals surface area contributed by atoms with Crippen LogP contribution in [0.25, 0.3) is 0 Å². The number of rotatable bonds is 3. The van der Waals surface area contributed by atoms with E-state index in [-0.39, 0.29) is 29.9 Å². The molecule has 0 aromatic rings. The number of allylic oxidation sites excluding steroid dienone is 1. The molecule has 7 heteroatoms. The van der Waals surface area contributed by atoms with Gasteiger partial charge in [-0.1, -0.05) is 0 Å². The second-order valence-electron chi connectivity index (χ2n) is 4.75. The summed E-state index contributed by atoms with van der Waals surface area (Å²) in [6.07, 6.45) is 2.58. The summed E-state index contributed by atoms with van der Waals surface area (Å²) < 4.78 is 0. The predicted molar refractivity (Wildman–Crippen MR) is 64.7 cm³/mol. The summed E-state index contributed by atoms with van der Waals surface area (Å²) in [5.74, 6) is -1.17. The van der Waals surface area contributed by atoms with Gasteiger partial charge in [-0.15, -0.1) is 0 Å². The standard InChI is InChI=1S/C12H15N3O4/c1-6(16)4-10(17)13-7-2-3-8-9(5-7)14-12(19)15-11(8)18/h5,8-9H,2-4H2,1H3,(H,13,17)(H2,14,15,18,19). The Balaban J connectivity index is 2.02. The van der Waals surface area contributed by atoms with Crippen LogP contribution in [0.15, 0.2) is 11.8 Å². The summed E-state index contributed by atoms with van der Waals surface area (Å²) in [6.45, 7) is 1.34. The lowest BCUT2D eigenvalue weighted by atomic mass is 9.86. The average molecular weight is 265 g/mol. The summed E-state index contributed by atoms with van der Waals surface area (Å²) in [5.41, 5.74) is 0.641. The first-order valence-corrected chi connectivity index (χ1v) is 6.07. The first-order valence-electron chi connectivity index (χ1n) is 6.07. The summed E-state index contributed by atoms with van der Waals surface area (Å²) in [4.78, 5) is 45.1. The number of imide groups is 1. The van der Waals surface area contributed by atoms with Crippen molar-refractivity contribution >= 4 is 23.6 Å². The third-order valence-corrected chi connectivity index (χ3v) is 3.12. The number of urea groups is 1. The van der Waals surface area contributed by atoms with Gasteiger partial charge in [0.2, 0.25) is 11.8 Å². The van der Waals surface area contributed by atoms with E-state index in [1.807, 2.05) is 0 Å². The maximum atomic E-state index is 11.6. The van der Waals surface area contributed by atoms with Crippen molar-refractivity contribution in [3.63, 3.8) is 0 Å². The molecule has 2 aliphatic rings. The smallest absolute Gasteiger partial charge is 0.321 e. The number of nitrogens with one attached hydrogen (secondary N) is 3. The third kappa shape index (κ3) is 3.18. The van der Waals surface area contributed by atoms with E-state index in [1.54, 1.807) is 6.08 Å². The van der Waals surface area contributed by atoms with Crippen molar-refractivity contribution in [2.75, 3.05) is 0 Å². The fraction of sp³-hybridized carbons (Fsp3) is 0.500. The van der Waals surface area contributed by atoms with Crippen LogP contribution in [0, 0.1) is 5.92 Å². The zero-order valence-electron chi connectivity index (χ0n) is 10.5. The van der Waals surface area contributed by atoms with E-state index < -0.39 is 12.1 Å². The van der Waals surface area contributed by atoms with E-state index in [0.29, 0.717) is 18.5 Å². The van der Waals surface area contributed by atoms with Gasteiger partial charge in [0.25, 0.3) is 0 Å². The second-order valence-corrected chi connectivity index (χ2v) is 4.75. The van der Waals surface area contributed by atoms with Crippen LogP contribution in [0.2, 0.25) is 0 Å². The molecule has 2 unspecified atom stereocenters. The first kappa shape index (κ1) is 13.3. The molecule has 0 aromatic carbocycles. The van der Waals surface area contributed by atoms with Crippen molar-refractivity contribution in [1.29, 1.82) is 0 Å². The minimum atomic E-state index is -0.529. The Morgan fingerprint density at radius 3 is 2.84 bits per heavy atom. The molecule has 19 heavy (non-hydrogen) atoms. The van der Waals surface area contributed by atoms with Crippen LogP contribution in [0.4, 0.5) is 4.79 Å². The minimum Gasteiger partial charge on any atom is -0.331 e. The molecule has 2 rings (SSSR count). The second kappa shape index (κ2) is 5.21. The highest BCUT2D eigenvalue weighted by Gasteiger charge is 2.36. The topological polar surface area (TPSA) is 104 Å². The Hall–Kier alpha value is -2.18. The largest absolute Gasteiger partial charge is 0.331 e. The van der Waals surface area contributed by atoms with E-state index >= 15 is 0 Å². The van der Waals surface area contributed by atoms with Crippen LogP contribution in [0.5, 0.6) is 0 Å². The lowest BCUT2D eigenvalue weighted by molar-refractivity contribution is -0.127. The highest BCUT2D eigenvalue weighted by molar-refractivity contribution is 5.99. The highest BCUT2D eigenvalue weighted by atomic mass is 16.2. The lowest BCUT2D eigenvalue weighted by Gasteiger charge is -2.33. The Kier molecular flexibility index (Phi) is 3.64. The molecular weight excluding hydrogens is 250 g/mol. The fourth-order valence-electron chi connectivity index (χ4n) is 2.29. The van der Waals surface area contributed by atoms with Gasteiger partial charge in [-0.05, 0) is 25.8 Å². The van der Waals surface area contributed by atoms with Crippen LogP contribution in [-0.4, -0.2) is 29.7 Å². The Morgan fingerprint density at radius 2 is 2.16 bits per heavy atom. The van der Waals surface area contributed by atoms with Crippen molar-refractivity contribution in [1.82, 2.24) is 16.0 Å². The van der Waals surface area contributed by atoms with E-state index in [9.17, 15) is 19.2 Å². The normalized spacial score (nSPS) is 25.6. The van der Waals surface area contributed by atoms with Crippen molar-refractivity contribution in [3.8, 4) is 0 Å².